The van der Waals surface area contributed by atoms with E-state index in [-0.39, 0.29) is 30.2 Å². The molecule has 2 N–H and O–H groups in total. The molecule has 1 atom stereocenters. The summed E-state index contributed by atoms with van der Waals surface area (Å²) in [4.78, 5) is 38.7. The van der Waals surface area contributed by atoms with E-state index >= 15 is 0 Å². The van der Waals surface area contributed by atoms with Gasteiger partial charge in [0.1, 0.15) is 6.26 Å². The van der Waals surface area contributed by atoms with Crippen LogP contribution in [0.25, 0.3) is 0 Å². The van der Waals surface area contributed by atoms with E-state index in [1.54, 1.807) is 17.0 Å². The molecule has 148 valence electrons. The molecule has 0 spiro atoms. The topological polar surface area (TPSA) is 91.7 Å². The number of furan rings is 1. The lowest BCUT2D eigenvalue weighted by Gasteiger charge is -2.31. The van der Waals surface area contributed by atoms with Crippen LogP contribution in [0.2, 0.25) is 0 Å². The number of carbonyl (C=O) groups is 3. The van der Waals surface area contributed by atoms with E-state index in [1.807, 2.05) is 19.1 Å². The number of carbonyl (C=O) groups excluding carboxylic acids is 3. The number of amides is 3. The Morgan fingerprint density at radius 3 is 2.82 bits per heavy atom. The molecule has 3 amide bonds. The predicted octanol–water partition coefficient (Wildman–Crippen LogP) is 2.96. The van der Waals surface area contributed by atoms with Gasteiger partial charge in [0.2, 0.25) is 11.8 Å². The SMILES string of the molecule is Cc1cc(Br)ccc1NC(=O)CNC(=O)[C@H]1CCCN(C(=O)c2ccoc2)C1. The molecule has 2 heterocycles. The van der Waals surface area contributed by atoms with Crippen LogP contribution in [-0.2, 0) is 9.59 Å². The largest absolute Gasteiger partial charge is 0.472 e. The molecule has 1 aromatic carbocycles. The summed E-state index contributed by atoms with van der Waals surface area (Å²) < 4.78 is 5.89. The smallest absolute Gasteiger partial charge is 0.257 e. The van der Waals surface area contributed by atoms with Crippen LogP contribution in [0.15, 0.2) is 45.7 Å². The number of rotatable bonds is 5. The average Bonchev–Trinajstić information content (AvgIpc) is 3.22. The van der Waals surface area contributed by atoms with Crippen molar-refractivity contribution >= 4 is 39.3 Å². The van der Waals surface area contributed by atoms with Gasteiger partial charge in [-0.3, -0.25) is 14.4 Å². The lowest BCUT2D eigenvalue weighted by molar-refractivity contribution is -0.128. The second-order valence-corrected chi connectivity index (χ2v) is 7.74. The van der Waals surface area contributed by atoms with Crippen molar-refractivity contribution in [2.45, 2.75) is 19.8 Å². The van der Waals surface area contributed by atoms with Crippen LogP contribution in [0.1, 0.15) is 28.8 Å². The number of hydrogen-bond donors (Lipinski definition) is 2. The van der Waals surface area contributed by atoms with E-state index in [1.165, 1.54) is 12.5 Å². The van der Waals surface area contributed by atoms with Gasteiger partial charge in [-0.15, -0.1) is 0 Å². The number of benzene rings is 1. The van der Waals surface area contributed by atoms with Gasteiger partial charge in [-0.1, -0.05) is 15.9 Å². The molecule has 0 saturated carbocycles. The summed E-state index contributed by atoms with van der Waals surface area (Å²) in [7, 11) is 0. The van der Waals surface area contributed by atoms with E-state index in [4.69, 9.17) is 4.42 Å². The molecule has 0 radical (unpaired) electrons. The van der Waals surface area contributed by atoms with Crippen LogP contribution in [0.5, 0.6) is 0 Å². The molecule has 1 fully saturated rings. The third-order valence-corrected chi connectivity index (χ3v) is 5.23. The number of anilines is 1. The van der Waals surface area contributed by atoms with Gasteiger partial charge >= 0.3 is 0 Å². The number of nitrogens with zero attached hydrogens (tertiary/aromatic N) is 1. The predicted molar refractivity (Wildman–Crippen MR) is 108 cm³/mol. The number of likely N-dealkylation sites (tertiary alicyclic amines) is 1. The maximum atomic E-state index is 12.5. The first kappa shape index (κ1) is 20.1. The molecule has 1 saturated heterocycles. The lowest BCUT2D eigenvalue weighted by Crippen LogP contribution is -2.46. The van der Waals surface area contributed by atoms with E-state index < -0.39 is 0 Å². The molecule has 1 aliphatic rings. The first-order chi connectivity index (χ1) is 13.4. The van der Waals surface area contributed by atoms with Crippen molar-refractivity contribution in [1.29, 1.82) is 0 Å². The quantitative estimate of drug-likeness (QED) is 0.736. The van der Waals surface area contributed by atoms with E-state index in [0.29, 0.717) is 30.8 Å². The molecule has 3 rings (SSSR count). The number of hydrogen-bond acceptors (Lipinski definition) is 4. The molecule has 2 aromatic rings. The van der Waals surface area contributed by atoms with Crippen molar-refractivity contribution in [2.24, 2.45) is 5.92 Å². The van der Waals surface area contributed by atoms with E-state index in [0.717, 1.165) is 16.5 Å². The van der Waals surface area contributed by atoms with Crippen LogP contribution in [0.4, 0.5) is 5.69 Å². The fraction of sp³-hybridized carbons (Fsp3) is 0.350. The molecule has 28 heavy (non-hydrogen) atoms. The standard InChI is InChI=1S/C20H22BrN3O4/c1-13-9-16(21)4-5-17(13)23-18(25)10-22-19(26)14-3-2-7-24(11-14)20(27)15-6-8-28-12-15/h4-6,8-9,12,14H,2-3,7,10-11H2,1H3,(H,22,26)(H,23,25)/t14-/m0/s1. The zero-order valence-electron chi connectivity index (χ0n) is 15.5. The minimum absolute atomic E-state index is 0.111. The highest BCUT2D eigenvalue weighted by atomic mass is 79.9. The van der Waals surface area contributed by atoms with Crippen LogP contribution >= 0.6 is 15.9 Å². The zero-order valence-corrected chi connectivity index (χ0v) is 17.1. The molecule has 0 unspecified atom stereocenters. The van der Waals surface area contributed by atoms with Crippen molar-refractivity contribution in [1.82, 2.24) is 10.2 Å². The highest BCUT2D eigenvalue weighted by molar-refractivity contribution is 9.10. The number of aryl methyl sites for hydroxylation is 1. The monoisotopic (exact) mass is 447 g/mol. The summed E-state index contributed by atoms with van der Waals surface area (Å²) in [5.74, 6) is -0.977. The second-order valence-electron chi connectivity index (χ2n) is 6.83. The Morgan fingerprint density at radius 2 is 2.11 bits per heavy atom. The van der Waals surface area contributed by atoms with Crippen molar-refractivity contribution in [3.63, 3.8) is 0 Å². The van der Waals surface area contributed by atoms with Crippen molar-refractivity contribution in [3.05, 3.63) is 52.4 Å². The van der Waals surface area contributed by atoms with Gasteiger partial charge in [0.15, 0.2) is 0 Å². The summed E-state index contributed by atoms with van der Waals surface area (Å²) >= 11 is 3.38. The summed E-state index contributed by atoms with van der Waals surface area (Å²) in [5, 5.41) is 5.47. The highest BCUT2D eigenvalue weighted by Crippen LogP contribution is 2.20. The Bertz CT molecular complexity index is 866. The van der Waals surface area contributed by atoms with Gasteiger partial charge in [-0.2, -0.15) is 0 Å². The molecular weight excluding hydrogens is 426 g/mol. The first-order valence-electron chi connectivity index (χ1n) is 9.09. The number of nitrogens with one attached hydrogen (secondary N) is 2. The van der Waals surface area contributed by atoms with Crippen LogP contribution < -0.4 is 10.6 Å². The van der Waals surface area contributed by atoms with Crippen LogP contribution in [0, 0.1) is 12.8 Å². The summed E-state index contributed by atoms with van der Waals surface area (Å²) in [5.41, 5.74) is 2.11. The molecule has 1 aliphatic heterocycles. The molecular formula is C20H22BrN3O4. The third-order valence-electron chi connectivity index (χ3n) is 4.73. The summed E-state index contributed by atoms with van der Waals surface area (Å²) in [6, 6.07) is 7.16. The van der Waals surface area contributed by atoms with Gasteiger partial charge in [0, 0.05) is 23.2 Å². The maximum absolute atomic E-state index is 12.5. The maximum Gasteiger partial charge on any atom is 0.257 e. The summed E-state index contributed by atoms with van der Waals surface area (Å²) in [6.07, 6.45) is 4.29. The van der Waals surface area contributed by atoms with E-state index in [9.17, 15) is 14.4 Å². The Balaban J connectivity index is 1.50. The third kappa shape index (κ3) is 5.01. The number of halogens is 1. The Kier molecular flexibility index (Phi) is 6.51. The van der Waals surface area contributed by atoms with Crippen molar-refractivity contribution < 1.29 is 18.8 Å². The molecule has 0 bridgehead atoms. The van der Waals surface area contributed by atoms with Crippen LogP contribution in [0.3, 0.4) is 0 Å². The van der Waals surface area contributed by atoms with Crippen molar-refractivity contribution in [3.8, 4) is 0 Å². The van der Waals surface area contributed by atoms with Gasteiger partial charge in [-0.25, -0.2) is 0 Å². The number of piperidine rings is 1. The zero-order chi connectivity index (χ0) is 20.1. The van der Waals surface area contributed by atoms with E-state index in [2.05, 4.69) is 26.6 Å². The van der Waals surface area contributed by atoms with Gasteiger partial charge in [0.05, 0.1) is 24.3 Å². The van der Waals surface area contributed by atoms with Gasteiger partial charge in [0.25, 0.3) is 5.91 Å². The molecule has 1 aromatic heterocycles. The summed E-state index contributed by atoms with van der Waals surface area (Å²) in [6.45, 7) is 2.73. The normalized spacial score (nSPS) is 16.5. The molecule has 7 nitrogen and oxygen atoms in total. The fourth-order valence-corrected chi connectivity index (χ4v) is 3.69. The fourth-order valence-electron chi connectivity index (χ4n) is 3.22. The first-order valence-corrected chi connectivity index (χ1v) is 9.88. The minimum Gasteiger partial charge on any atom is -0.472 e. The van der Waals surface area contributed by atoms with Crippen molar-refractivity contribution in [2.75, 3.05) is 25.0 Å². The molecule has 0 aliphatic carbocycles. The van der Waals surface area contributed by atoms with Gasteiger partial charge in [-0.05, 0) is 49.6 Å². The Labute approximate surface area is 171 Å². The highest BCUT2D eigenvalue weighted by Gasteiger charge is 2.29. The van der Waals surface area contributed by atoms with Crippen LogP contribution in [-0.4, -0.2) is 42.3 Å². The average molecular weight is 448 g/mol. The molecule has 8 heteroatoms. The Morgan fingerprint density at radius 1 is 1.29 bits per heavy atom. The van der Waals surface area contributed by atoms with Gasteiger partial charge < -0.3 is 20.0 Å². The second kappa shape index (κ2) is 9.05. The Hall–Kier alpha value is -2.61. The lowest BCUT2D eigenvalue weighted by atomic mass is 9.96. The minimum atomic E-state index is -0.327.